The molecule has 0 amide bonds. The Labute approximate surface area is 125 Å². The molecule has 6 heteroatoms. The van der Waals surface area contributed by atoms with Crippen LogP contribution in [0.3, 0.4) is 0 Å². The summed E-state index contributed by atoms with van der Waals surface area (Å²) in [5, 5.41) is 7.22. The van der Waals surface area contributed by atoms with Crippen molar-refractivity contribution in [3.05, 3.63) is 40.5 Å². The van der Waals surface area contributed by atoms with E-state index in [9.17, 15) is 0 Å². The lowest BCUT2D eigenvalue weighted by molar-refractivity contribution is 0.358. The second-order valence-electron chi connectivity index (χ2n) is 4.36. The lowest BCUT2D eigenvalue weighted by Crippen LogP contribution is -2.21. The summed E-state index contributed by atoms with van der Waals surface area (Å²) >= 11 is 5.21. The van der Waals surface area contributed by atoms with Crippen molar-refractivity contribution in [1.29, 1.82) is 0 Å². The SMILES string of the molecule is CC(C)NCc1nc(CSc2ccccc2Br)no1. The number of rotatable bonds is 6. The lowest BCUT2D eigenvalue weighted by Gasteiger charge is -2.03. The van der Waals surface area contributed by atoms with Crippen LogP contribution in [0.4, 0.5) is 0 Å². The van der Waals surface area contributed by atoms with E-state index in [4.69, 9.17) is 4.52 Å². The summed E-state index contributed by atoms with van der Waals surface area (Å²) in [5.41, 5.74) is 0. The third-order valence-electron chi connectivity index (χ3n) is 2.37. The smallest absolute Gasteiger partial charge is 0.240 e. The Morgan fingerprint density at radius 1 is 1.37 bits per heavy atom. The maximum atomic E-state index is 5.19. The highest BCUT2D eigenvalue weighted by atomic mass is 79.9. The molecule has 102 valence electrons. The molecule has 0 aliphatic rings. The molecule has 0 atom stereocenters. The summed E-state index contributed by atoms with van der Waals surface area (Å²) in [5.74, 6) is 2.06. The molecule has 0 spiro atoms. The molecule has 0 aliphatic carbocycles. The van der Waals surface area contributed by atoms with Crippen molar-refractivity contribution < 1.29 is 4.52 Å². The van der Waals surface area contributed by atoms with Gasteiger partial charge in [0.15, 0.2) is 5.82 Å². The van der Waals surface area contributed by atoms with E-state index in [1.165, 1.54) is 4.90 Å². The average Bonchev–Trinajstić information content (AvgIpc) is 2.83. The molecule has 0 saturated heterocycles. The van der Waals surface area contributed by atoms with Crippen LogP contribution >= 0.6 is 27.7 Å². The summed E-state index contributed by atoms with van der Waals surface area (Å²) in [6, 6.07) is 8.51. The van der Waals surface area contributed by atoms with Crippen LogP contribution < -0.4 is 5.32 Å². The molecule has 19 heavy (non-hydrogen) atoms. The van der Waals surface area contributed by atoms with Gasteiger partial charge in [-0.15, -0.1) is 11.8 Å². The Bertz CT molecular complexity index is 530. The second-order valence-corrected chi connectivity index (χ2v) is 6.23. The quantitative estimate of drug-likeness (QED) is 0.813. The minimum atomic E-state index is 0.407. The fourth-order valence-corrected chi connectivity index (χ4v) is 2.83. The van der Waals surface area contributed by atoms with Gasteiger partial charge in [0, 0.05) is 15.4 Å². The van der Waals surface area contributed by atoms with Crippen LogP contribution in [-0.2, 0) is 12.3 Å². The van der Waals surface area contributed by atoms with E-state index in [1.54, 1.807) is 11.8 Å². The van der Waals surface area contributed by atoms with Gasteiger partial charge in [0.05, 0.1) is 12.3 Å². The predicted octanol–water partition coefficient (Wildman–Crippen LogP) is 3.62. The van der Waals surface area contributed by atoms with Crippen molar-refractivity contribution in [3.63, 3.8) is 0 Å². The van der Waals surface area contributed by atoms with Gasteiger partial charge >= 0.3 is 0 Å². The summed E-state index contributed by atoms with van der Waals surface area (Å²) < 4.78 is 6.27. The van der Waals surface area contributed by atoms with Crippen molar-refractivity contribution in [2.45, 2.75) is 37.1 Å². The van der Waals surface area contributed by atoms with E-state index in [1.807, 2.05) is 18.2 Å². The van der Waals surface area contributed by atoms with Crippen LogP contribution in [-0.4, -0.2) is 16.2 Å². The van der Waals surface area contributed by atoms with E-state index in [-0.39, 0.29) is 0 Å². The maximum Gasteiger partial charge on any atom is 0.240 e. The molecule has 0 bridgehead atoms. The normalized spacial score (nSPS) is 11.2. The number of hydrogen-bond acceptors (Lipinski definition) is 5. The number of thioether (sulfide) groups is 1. The molecule has 2 aromatic rings. The molecule has 0 unspecified atom stereocenters. The first kappa shape index (κ1) is 14.6. The highest BCUT2D eigenvalue weighted by Gasteiger charge is 2.08. The molecule has 4 nitrogen and oxygen atoms in total. The maximum absolute atomic E-state index is 5.19. The Kier molecular flexibility index (Phi) is 5.42. The summed E-state index contributed by atoms with van der Waals surface area (Å²) in [7, 11) is 0. The highest BCUT2D eigenvalue weighted by Crippen LogP contribution is 2.28. The van der Waals surface area contributed by atoms with Crippen LogP contribution in [0.5, 0.6) is 0 Å². The van der Waals surface area contributed by atoms with Crippen LogP contribution in [0.25, 0.3) is 0 Å². The molecule has 0 fully saturated rings. The van der Waals surface area contributed by atoms with Crippen molar-refractivity contribution in [1.82, 2.24) is 15.5 Å². The van der Waals surface area contributed by atoms with Crippen molar-refractivity contribution in [2.24, 2.45) is 0 Å². The molecule has 1 heterocycles. The van der Waals surface area contributed by atoms with E-state index >= 15 is 0 Å². The second kappa shape index (κ2) is 7.07. The zero-order chi connectivity index (χ0) is 13.7. The number of aromatic nitrogens is 2. The van der Waals surface area contributed by atoms with Gasteiger partial charge < -0.3 is 9.84 Å². The summed E-state index contributed by atoms with van der Waals surface area (Å²) in [6.07, 6.45) is 0. The van der Waals surface area contributed by atoms with E-state index < -0.39 is 0 Å². The summed E-state index contributed by atoms with van der Waals surface area (Å²) in [6.45, 7) is 4.78. The molecule has 0 radical (unpaired) electrons. The van der Waals surface area contributed by atoms with Crippen LogP contribution in [0.2, 0.25) is 0 Å². The Hall–Kier alpha value is -0.850. The van der Waals surface area contributed by atoms with Crippen molar-refractivity contribution in [2.75, 3.05) is 0 Å². The molecule has 1 aromatic heterocycles. The Balaban J connectivity index is 1.88. The van der Waals surface area contributed by atoms with E-state index in [2.05, 4.69) is 51.3 Å². The fraction of sp³-hybridized carbons (Fsp3) is 0.385. The molecule has 0 aliphatic heterocycles. The minimum absolute atomic E-state index is 0.407. The largest absolute Gasteiger partial charge is 0.338 e. The molecule has 1 aromatic carbocycles. The van der Waals surface area contributed by atoms with Gasteiger partial charge in [0.2, 0.25) is 5.89 Å². The molecular weight excluding hydrogens is 326 g/mol. The first-order chi connectivity index (χ1) is 9.15. The fourth-order valence-electron chi connectivity index (χ4n) is 1.42. The number of nitrogens with zero attached hydrogens (tertiary/aromatic N) is 2. The van der Waals surface area contributed by atoms with Gasteiger partial charge in [-0.05, 0) is 28.1 Å². The molecule has 0 saturated carbocycles. The van der Waals surface area contributed by atoms with Crippen molar-refractivity contribution >= 4 is 27.7 Å². The Morgan fingerprint density at radius 3 is 2.89 bits per heavy atom. The number of benzene rings is 1. The van der Waals surface area contributed by atoms with Gasteiger partial charge in [-0.3, -0.25) is 0 Å². The number of hydrogen-bond donors (Lipinski definition) is 1. The molecule has 2 rings (SSSR count). The van der Waals surface area contributed by atoms with E-state index in [0.29, 0.717) is 24.2 Å². The third kappa shape index (κ3) is 4.63. The van der Waals surface area contributed by atoms with Crippen LogP contribution in [0, 0.1) is 0 Å². The zero-order valence-corrected chi connectivity index (χ0v) is 13.3. The minimum Gasteiger partial charge on any atom is -0.338 e. The van der Waals surface area contributed by atoms with Crippen LogP contribution in [0.1, 0.15) is 25.6 Å². The summed E-state index contributed by atoms with van der Waals surface area (Å²) in [4.78, 5) is 5.53. The van der Waals surface area contributed by atoms with Gasteiger partial charge in [-0.2, -0.15) is 4.98 Å². The molecule has 1 N–H and O–H groups in total. The van der Waals surface area contributed by atoms with Crippen molar-refractivity contribution in [3.8, 4) is 0 Å². The zero-order valence-electron chi connectivity index (χ0n) is 10.9. The van der Waals surface area contributed by atoms with Gasteiger partial charge in [0.1, 0.15) is 0 Å². The number of nitrogens with one attached hydrogen (secondary N) is 1. The standard InChI is InChI=1S/C13H16BrN3OS/c1-9(2)15-7-13-16-12(17-18-13)8-19-11-6-4-3-5-10(11)14/h3-6,9,15H,7-8H2,1-2H3. The Morgan fingerprint density at radius 2 is 2.16 bits per heavy atom. The monoisotopic (exact) mass is 341 g/mol. The number of halogens is 1. The first-order valence-corrected chi connectivity index (χ1v) is 7.85. The van der Waals surface area contributed by atoms with Gasteiger partial charge in [0.25, 0.3) is 0 Å². The van der Waals surface area contributed by atoms with Gasteiger partial charge in [-0.25, -0.2) is 0 Å². The van der Waals surface area contributed by atoms with Crippen LogP contribution in [0.15, 0.2) is 38.2 Å². The average molecular weight is 342 g/mol. The molecular formula is C13H16BrN3OS. The van der Waals surface area contributed by atoms with E-state index in [0.717, 1.165) is 10.3 Å². The predicted molar refractivity (Wildman–Crippen MR) is 80.0 cm³/mol. The van der Waals surface area contributed by atoms with Gasteiger partial charge in [-0.1, -0.05) is 31.1 Å². The highest BCUT2D eigenvalue weighted by molar-refractivity contribution is 9.10. The third-order valence-corrected chi connectivity index (χ3v) is 4.39. The topological polar surface area (TPSA) is 51.0 Å². The first-order valence-electron chi connectivity index (χ1n) is 6.07. The lowest BCUT2D eigenvalue weighted by atomic mass is 10.4.